The van der Waals surface area contributed by atoms with Gasteiger partial charge in [0.25, 0.3) is 0 Å². The lowest BCUT2D eigenvalue weighted by Crippen LogP contribution is -2.31. The van der Waals surface area contributed by atoms with Gasteiger partial charge in [-0.25, -0.2) is 0 Å². The Labute approximate surface area is 110 Å². The summed E-state index contributed by atoms with van der Waals surface area (Å²) >= 11 is 0. The first-order valence-corrected chi connectivity index (χ1v) is 12.7. The van der Waals surface area contributed by atoms with Crippen LogP contribution in [0.15, 0.2) is 24.4 Å². The van der Waals surface area contributed by atoms with Gasteiger partial charge in [0.05, 0.1) is 14.7 Å². The van der Waals surface area contributed by atoms with E-state index in [0.717, 1.165) is 12.7 Å². The highest BCUT2D eigenvalue weighted by Crippen LogP contribution is 2.21. The van der Waals surface area contributed by atoms with Crippen LogP contribution in [-0.4, -0.2) is 23.0 Å². The number of hydrogen-bond acceptors (Lipinski definition) is 1. The van der Waals surface area contributed by atoms with Crippen molar-refractivity contribution in [3.8, 4) is 0 Å². The van der Waals surface area contributed by atoms with Gasteiger partial charge in [-0.15, -0.1) is 6.58 Å². The maximum atomic E-state index is 6.00. The van der Waals surface area contributed by atoms with E-state index in [1.54, 1.807) is 0 Å². The SMILES string of the molecule is C=CC[Si](C)(C)OC/C=C/[Si](CC)(CC)CC. The van der Waals surface area contributed by atoms with Gasteiger partial charge in [-0.2, -0.15) is 0 Å². The van der Waals surface area contributed by atoms with Crippen LogP contribution in [0.1, 0.15) is 20.8 Å². The smallest absolute Gasteiger partial charge is 0.190 e. The standard InChI is InChI=1S/C14H30OSi2/c1-7-13-16(5,6)15-12-11-14-17(8-2,9-3)10-4/h7,11,14H,1,8-10,12-13H2,2-6H3/b14-11+. The predicted molar refractivity (Wildman–Crippen MR) is 84.8 cm³/mol. The van der Waals surface area contributed by atoms with E-state index in [9.17, 15) is 0 Å². The fourth-order valence-electron chi connectivity index (χ4n) is 2.08. The zero-order chi connectivity index (χ0) is 13.4. The first kappa shape index (κ1) is 16.9. The normalized spacial score (nSPS) is 13.2. The summed E-state index contributed by atoms with van der Waals surface area (Å²) in [5.74, 6) is 0. The van der Waals surface area contributed by atoms with Crippen molar-refractivity contribution in [3.05, 3.63) is 24.4 Å². The van der Waals surface area contributed by atoms with Crippen molar-refractivity contribution in [1.29, 1.82) is 0 Å². The summed E-state index contributed by atoms with van der Waals surface area (Å²) in [5.41, 5.74) is 2.51. The van der Waals surface area contributed by atoms with Gasteiger partial charge in [0, 0.05) is 0 Å². The minimum absolute atomic E-state index is 0.793. The highest BCUT2D eigenvalue weighted by molar-refractivity contribution is 6.84. The molecule has 0 spiro atoms. The van der Waals surface area contributed by atoms with Crippen LogP contribution in [0.5, 0.6) is 0 Å². The molecule has 0 amide bonds. The second kappa shape index (κ2) is 8.06. The first-order chi connectivity index (χ1) is 7.95. The molecular weight excluding hydrogens is 240 g/mol. The monoisotopic (exact) mass is 270 g/mol. The Balaban J connectivity index is 4.22. The highest BCUT2D eigenvalue weighted by atomic mass is 28.4. The first-order valence-electron chi connectivity index (χ1n) is 6.88. The number of allylic oxidation sites excluding steroid dienone is 1. The third-order valence-corrected chi connectivity index (χ3v) is 11.2. The van der Waals surface area contributed by atoms with Crippen LogP contribution < -0.4 is 0 Å². The van der Waals surface area contributed by atoms with Gasteiger partial charge in [-0.3, -0.25) is 0 Å². The molecule has 0 aliphatic heterocycles. The van der Waals surface area contributed by atoms with Crippen LogP contribution in [0.25, 0.3) is 0 Å². The van der Waals surface area contributed by atoms with Crippen LogP contribution >= 0.6 is 0 Å². The zero-order valence-corrected chi connectivity index (χ0v) is 14.4. The lowest BCUT2D eigenvalue weighted by Gasteiger charge is -2.24. The predicted octanol–water partition coefficient (Wildman–Crippen LogP) is 5.00. The molecule has 0 radical (unpaired) electrons. The molecule has 3 heteroatoms. The molecule has 0 aliphatic rings. The van der Waals surface area contributed by atoms with Crippen molar-refractivity contribution < 1.29 is 4.43 Å². The molecule has 0 aromatic heterocycles. The van der Waals surface area contributed by atoms with Crippen molar-refractivity contribution in [2.75, 3.05) is 6.61 Å². The Morgan fingerprint density at radius 1 is 1.06 bits per heavy atom. The van der Waals surface area contributed by atoms with E-state index in [0.29, 0.717) is 0 Å². The van der Waals surface area contributed by atoms with E-state index < -0.39 is 16.4 Å². The van der Waals surface area contributed by atoms with Gasteiger partial charge in [-0.1, -0.05) is 56.8 Å². The molecule has 0 N–H and O–H groups in total. The maximum Gasteiger partial charge on any atom is 0.190 e. The van der Waals surface area contributed by atoms with E-state index in [1.807, 2.05) is 6.08 Å². The van der Waals surface area contributed by atoms with Crippen LogP contribution in [0.3, 0.4) is 0 Å². The summed E-state index contributed by atoms with van der Waals surface area (Å²) < 4.78 is 6.00. The molecule has 0 saturated heterocycles. The van der Waals surface area contributed by atoms with Gasteiger partial charge >= 0.3 is 0 Å². The fourth-order valence-corrected chi connectivity index (χ4v) is 6.25. The van der Waals surface area contributed by atoms with Crippen LogP contribution in [0.4, 0.5) is 0 Å². The maximum absolute atomic E-state index is 6.00. The van der Waals surface area contributed by atoms with Crippen LogP contribution in [-0.2, 0) is 4.43 Å². The second-order valence-corrected chi connectivity index (χ2v) is 14.8. The molecule has 1 nitrogen and oxygen atoms in total. The molecule has 0 rings (SSSR count). The summed E-state index contributed by atoms with van der Waals surface area (Å²) in [6.07, 6.45) is 4.26. The topological polar surface area (TPSA) is 9.23 Å². The molecule has 0 atom stereocenters. The lowest BCUT2D eigenvalue weighted by atomic mass is 10.7. The molecule has 0 saturated carbocycles. The minimum Gasteiger partial charge on any atom is -0.413 e. The van der Waals surface area contributed by atoms with Gasteiger partial charge < -0.3 is 4.43 Å². The third kappa shape index (κ3) is 6.39. The van der Waals surface area contributed by atoms with E-state index in [4.69, 9.17) is 4.43 Å². The summed E-state index contributed by atoms with van der Waals surface area (Å²) in [6.45, 7) is 16.1. The van der Waals surface area contributed by atoms with Gasteiger partial charge in [0.1, 0.15) is 0 Å². The van der Waals surface area contributed by atoms with E-state index in [-0.39, 0.29) is 0 Å². The molecule has 0 fully saturated rings. The van der Waals surface area contributed by atoms with Crippen molar-refractivity contribution in [3.63, 3.8) is 0 Å². The van der Waals surface area contributed by atoms with Crippen molar-refractivity contribution >= 4 is 16.4 Å². The van der Waals surface area contributed by atoms with E-state index >= 15 is 0 Å². The third-order valence-electron chi connectivity index (χ3n) is 3.79. The summed E-state index contributed by atoms with van der Waals surface area (Å²) in [6, 6.07) is 5.09. The fraction of sp³-hybridized carbons (Fsp3) is 0.714. The number of rotatable bonds is 9. The van der Waals surface area contributed by atoms with Crippen molar-refractivity contribution in [2.45, 2.75) is 58.0 Å². The Bertz CT molecular complexity index is 234. The molecule has 0 unspecified atom stereocenters. The average Bonchev–Trinajstić information content (AvgIpc) is 2.30. The van der Waals surface area contributed by atoms with Crippen molar-refractivity contribution in [1.82, 2.24) is 0 Å². The van der Waals surface area contributed by atoms with Gasteiger partial charge in [-0.05, 0) is 19.1 Å². The molecule has 100 valence electrons. The van der Waals surface area contributed by atoms with E-state index in [2.05, 4.69) is 52.2 Å². The number of hydrogen-bond donors (Lipinski definition) is 0. The Morgan fingerprint density at radius 3 is 2.00 bits per heavy atom. The quantitative estimate of drug-likeness (QED) is 0.423. The van der Waals surface area contributed by atoms with E-state index in [1.165, 1.54) is 18.1 Å². The van der Waals surface area contributed by atoms with Crippen LogP contribution in [0, 0.1) is 0 Å². The molecule has 0 aromatic carbocycles. The molecule has 0 aliphatic carbocycles. The Morgan fingerprint density at radius 2 is 1.59 bits per heavy atom. The second-order valence-electron chi connectivity index (χ2n) is 5.39. The summed E-state index contributed by atoms with van der Waals surface area (Å²) in [5, 5.41) is 0. The molecule has 17 heavy (non-hydrogen) atoms. The largest absolute Gasteiger partial charge is 0.413 e. The van der Waals surface area contributed by atoms with Crippen molar-refractivity contribution in [2.24, 2.45) is 0 Å². The summed E-state index contributed by atoms with van der Waals surface area (Å²) in [4.78, 5) is 0. The average molecular weight is 271 g/mol. The van der Waals surface area contributed by atoms with Crippen LogP contribution in [0.2, 0.25) is 37.3 Å². The summed E-state index contributed by atoms with van der Waals surface area (Å²) in [7, 11) is -2.58. The van der Waals surface area contributed by atoms with Gasteiger partial charge in [0.2, 0.25) is 0 Å². The zero-order valence-electron chi connectivity index (χ0n) is 12.4. The highest BCUT2D eigenvalue weighted by Gasteiger charge is 2.23. The minimum atomic E-state index is -1.48. The lowest BCUT2D eigenvalue weighted by molar-refractivity contribution is 0.354. The van der Waals surface area contributed by atoms with Gasteiger partial charge in [0.15, 0.2) is 8.32 Å². The Kier molecular flexibility index (Phi) is 8.00. The molecule has 0 heterocycles. The Hall–Kier alpha value is -0.126. The molecule has 0 aromatic rings. The molecular formula is C14H30OSi2. The molecule has 0 bridgehead atoms.